The van der Waals surface area contributed by atoms with Crippen LogP contribution in [-0.2, 0) is 14.2 Å². The fourth-order valence-corrected chi connectivity index (χ4v) is 3.54. The summed E-state index contributed by atoms with van der Waals surface area (Å²) in [5.74, 6) is 0.796. The van der Waals surface area contributed by atoms with Crippen LogP contribution in [0, 0.1) is 5.92 Å². The highest BCUT2D eigenvalue weighted by Crippen LogP contribution is 2.32. The van der Waals surface area contributed by atoms with Crippen molar-refractivity contribution >= 4 is 5.97 Å². The molecular weight excluding hydrogens is 332 g/mol. The fourth-order valence-electron chi connectivity index (χ4n) is 3.54. The summed E-state index contributed by atoms with van der Waals surface area (Å²) < 4.78 is 22.8. The van der Waals surface area contributed by atoms with Gasteiger partial charge < -0.3 is 18.9 Å². The van der Waals surface area contributed by atoms with E-state index in [9.17, 15) is 4.79 Å². The zero-order valence-electron chi connectivity index (χ0n) is 15.8. The van der Waals surface area contributed by atoms with Gasteiger partial charge in [-0.05, 0) is 30.7 Å². The van der Waals surface area contributed by atoms with Gasteiger partial charge in [-0.1, -0.05) is 39.5 Å². The lowest BCUT2D eigenvalue weighted by atomic mass is 10.0. The Morgan fingerprint density at radius 1 is 1.04 bits per heavy atom. The van der Waals surface area contributed by atoms with Crippen molar-refractivity contribution in [2.45, 2.75) is 64.3 Å². The first-order valence-electron chi connectivity index (χ1n) is 9.86. The van der Waals surface area contributed by atoms with Gasteiger partial charge in [0.1, 0.15) is 11.9 Å². The van der Waals surface area contributed by atoms with Crippen molar-refractivity contribution in [2.24, 2.45) is 5.92 Å². The number of carbonyl (C=O) groups excluding carboxylic acids is 1. The number of hydrogen-bond donors (Lipinski definition) is 0. The van der Waals surface area contributed by atoms with Crippen LogP contribution >= 0.6 is 0 Å². The van der Waals surface area contributed by atoms with Gasteiger partial charge in [-0.15, -0.1) is 0 Å². The predicted octanol–water partition coefficient (Wildman–Crippen LogP) is 3.99. The number of fused-ring (bicyclic) bond motifs is 1. The van der Waals surface area contributed by atoms with Gasteiger partial charge in [-0.2, -0.15) is 0 Å². The molecule has 2 aliphatic rings. The maximum Gasteiger partial charge on any atom is 0.338 e. The number of benzene rings is 1. The van der Waals surface area contributed by atoms with E-state index in [0.29, 0.717) is 31.3 Å². The number of ether oxygens (including phenoxy) is 4. The van der Waals surface area contributed by atoms with Crippen LogP contribution < -0.4 is 4.74 Å². The third kappa shape index (κ3) is 4.77. The molecule has 0 bridgehead atoms. The molecule has 0 N–H and O–H groups in total. The molecule has 0 amide bonds. The largest absolute Gasteiger partial charge is 0.494 e. The molecule has 1 aromatic rings. The summed E-state index contributed by atoms with van der Waals surface area (Å²) in [6, 6.07) is 7.15. The second-order valence-corrected chi connectivity index (χ2v) is 7.30. The SMILES string of the molecule is CCCCCCCOc1ccc(C(=O)O[C@@H]2COC3C2OC[C@@H]3C)cc1. The van der Waals surface area contributed by atoms with E-state index in [4.69, 9.17) is 18.9 Å². The van der Waals surface area contributed by atoms with Gasteiger partial charge in [0, 0.05) is 5.92 Å². The summed E-state index contributed by atoms with van der Waals surface area (Å²) in [7, 11) is 0. The average molecular weight is 362 g/mol. The minimum atomic E-state index is -0.339. The molecule has 144 valence electrons. The summed E-state index contributed by atoms with van der Waals surface area (Å²) in [5, 5.41) is 0. The molecule has 5 nitrogen and oxygen atoms in total. The molecule has 2 unspecified atom stereocenters. The van der Waals surface area contributed by atoms with E-state index in [1.54, 1.807) is 12.1 Å². The van der Waals surface area contributed by atoms with Gasteiger partial charge in [0.25, 0.3) is 0 Å². The first-order valence-corrected chi connectivity index (χ1v) is 9.86. The van der Waals surface area contributed by atoms with Crippen molar-refractivity contribution in [3.63, 3.8) is 0 Å². The highest BCUT2D eigenvalue weighted by molar-refractivity contribution is 5.89. The molecule has 0 aromatic heterocycles. The molecule has 0 spiro atoms. The van der Waals surface area contributed by atoms with Crippen molar-refractivity contribution < 1.29 is 23.7 Å². The smallest absolute Gasteiger partial charge is 0.338 e. The molecule has 2 heterocycles. The predicted molar refractivity (Wildman–Crippen MR) is 98.5 cm³/mol. The molecular formula is C21H30O5. The molecule has 0 aliphatic carbocycles. The molecule has 2 fully saturated rings. The van der Waals surface area contributed by atoms with E-state index < -0.39 is 0 Å². The third-order valence-corrected chi connectivity index (χ3v) is 5.12. The maximum absolute atomic E-state index is 12.4. The van der Waals surface area contributed by atoms with Crippen molar-refractivity contribution in [3.05, 3.63) is 29.8 Å². The molecule has 0 radical (unpaired) electrons. The molecule has 2 aliphatic heterocycles. The first kappa shape index (κ1) is 19.2. The minimum absolute atomic E-state index is 0.0425. The van der Waals surface area contributed by atoms with Crippen LogP contribution in [0.4, 0.5) is 0 Å². The molecule has 1 aromatic carbocycles. The van der Waals surface area contributed by atoms with Crippen LogP contribution in [0.5, 0.6) is 5.75 Å². The summed E-state index contributed by atoms with van der Waals surface area (Å²) in [6.07, 6.45) is 5.64. The number of hydrogen-bond acceptors (Lipinski definition) is 5. The first-order chi connectivity index (χ1) is 12.7. The minimum Gasteiger partial charge on any atom is -0.494 e. The maximum atomic E-state index is 12.4. The van der Waals surface area contributed by atoms with Crippen LogP contribution in [0.3, 0.4) is 0 Å². The summed E-state index contributed by atoms with van der Waals surface area (Å²) in [4.78, 5) is 12.4. The van der Waals surface area contributed by atoms with Gasteiger partial charge in [0.15, 0.2) is 6.10 Å². The lowest BCUT2D eigenvalue weighted by molar-refractivity contribution is -0.0158. The Labute approximate surface area is 156 Å². The molecule has 26 heavy (non-hydrogen) atoms. The van der Waals surface area contributed by atoms with E-state index >= 15 is 0 Å². The lowest BCUT2D eigenvalue weighted by Gasteiger charge is -2.17. The van der Waals surface area contributed by atoms with Crippen LogP contribution in [-0.4, -0.2) is 44.1 Å². The molecule has 4 atom stereocenters. The molecule has 5 heteroatoms. The van der Waals surface area contributed by atoms with Gasteiger partial charge in [0.05, 0.1) is 31.5 Å². The number of esters is 1. The molecule has 0 saturated carbocycles. The Bertz CT molecular complexity index is 570. The topological polar surface area (TPSA) is 54.0 Å². The molecule has 3 rings (SSSR count). The summed E-state index contributed by atoms with van der Waals surface area (Å²) >= 11 is 0. The van der Waals surface area contributed by atoms with Crippen molar-refractivity contribution in [1.29, 1.82) is 0 Å². The van der Waals surface area contributed by atoms with Gasteiger partial charge in [0.2, 0.25) is 0 Å². The van der Waals surface area contributed by atoms with E-state index in [0.717, 1.165) is 12.2 Å². The van der Waals surface area contributed by atoms with Crippen molar-refractivity contribution in [3.8, 4) is 5.75 Å². The van der Waals surface area contributed by atoms with Gasteiger partial charge in [-0.25, -0.2) is 4.79 Å². The Hall–Kier alpha value is -1.59. The Morgan fingerprint density at radius 3 is 2.54 bits per heavy atom. The van der Waals surface area contributed by atoms with Gasteiger partial charge in [-0.3, -0.25) is 0 Å². The normalized spacial score (nSPS) is 27.3. The average Bonchev–Trinajstić information content (AvgIpc) is 3.22. The summed E-state index contributed by atoms with van der Waals surface area (Å²) in [5.41, 5.74) is 0.523. The van der Waals surface area contributed by atoms with Crippen LogP contribution in [0.15, 0.2) is 24.3 Å². The Balaban J connectivity index is 1.42. The zero-order valence-corrected chi connectivity index (χ0v) is 15.8. The number of carbonyl (C=O) groups is 1. The highest BCUT2D eigenvalue weighted by atomic mass is 16.6. The zero-order chi connectivity index (χ0) is 18.4. The molecule has 2 saturated heterocycles. The van der Waals surface area contributed by atoms with Gasteiger partial charge >= 0.3 is 5.97 Å². The van der Waals surface area contributed by atoms with E-state index in [2.05, 4.69) is 13.8 Å². The fraction of sp³-hybridized carbons (Fsp3) is 0.667. The third-order valence-electron chi connectivity index (χ3n) is 5.12. The van der Waals surface area contributed by atoms with Crippen LogP contribution in [0.2, 0.25) is 0 Å². The van der Waals surface area contributed by atoms with E-state index in [1.807, 2.05) is 12.1 Å². The second-order valence-electron chi connectivity index (χ2n) is 7.30. The Morgan fingerprint density at radius 2 is 1.77 bits per heavy atom. The quantitative estimate of drug-likeness (QED) is 0.491. The van der Waals surface area contributed by atoms with Crippen molar-refractivity contribution in [1.82, 2.24) is 0 Å². The van der Waals surface area contributed by atoms with E-state index in [1.165, 1.54) is 25.7 Å². The standard InChI is InChI=1S/C21H30O5/c1-3-4-5-6-7-12-23-17-10-8-16(9-11-17)21(22)26-18-14-25-19-15(2)13-24-20(18)19/h8-11,15,18-20H,3-7,12-14H2,1-2H3/t15-,18+,19?,20?/m0/s1. The second kappa shape index (κ2) is 9.38. The highest BCUT2D eigenvalue weighted by Gasteiger charge is 2.47. The van der Waals surface area contributed by atoms with Crippen LogP contribution in [0.25, 0.3) is 0 Å². The monoisotopic (exact) mass is 362 g/mol. The number of rotatable bonds is 9. The lowest BCUT2D eigenvalue weighted by Crippen LogP contribution is -2.32. The van der Waals surface area contributed by atoms with E-state index in [-0.39, 0.29) is 24.3 Å². The summed E-state index contributed by atoms with van der Waals surface area (Å²) in [6.45, 7) is 6.09. The Kier molecular flexibility index (Phi) is 6.92. The number of unbranched alkanes of at least 4 members (excludes halogenated alkanes) is 4. The van der Waals surface area contributed by atoms with Crippen molar-refractivity contribution in [2.75, 3.05) is 19.8 Å². The van der Waals surface area contributed by atoms with Crippen LogP contribution in [0.1, 0.15) is 56.3 Å².